The minimum absolute atomic E-state index is 0.000477. The van der Waals surface area contributed by atoms with Crippen LogP contribution in [-0.4, -0.2) is 62.8 Å². The van der Waals surface area contributed by atoms with Crippen molar-refractivity contribution >= 4 is 10.9 Å². The zero-order valence-corrected chi connectivity index (χ0v) is 20.3. The van der Waals surface area contributed by atoms with Gasteiger partial charge >= 0.3 is 0 Å². The van der Waals surface area contributed by atoms with Crippen LogP contribution in [0.25, 0.3) is 10.9 Å². The van der Waals surface area contributed by atoms with Crippen LogP contribution in [0.5, 0.6) is 5.75 Å². The number of nitrogens with zero attached hydrogens (tertiary/aromatic N) is 5. The van der Waals surface area contributed by atoms with Crippen LogP contribution in [0.3, 0.4) is 0 Å². The summed E-state index contributed by atoms with van der Waals surface area (Å²) in [7, 11) is 3.83. The van der Waals surface area contributed by atoms with Crippen LogP contribution in [0.2, 0.25) is 0 Å². The van der Waals surface area contributed by atoms with Gasteiger partial charge in [0.15, 0.2) is 0 Å². The highest BCUT2D eigenvalue weighted by Gasteiger charge is 2.53. The Kier molecular flexibility index (Phi) is 5.56. The summed E-state index contributed by atoms with van der Waals surface area (Å²) in [5.41, 5.74) is 6.16. The first-order chi connectivity index (χ1) is 17.1. The normalized spacial score (nSPS) is 19.6. The molecule has 1 spiro atoms. The second kappa shape index (κ2) is 8.75. The van der Waals surface area contributed by atoms with Gasteiger partial charge in [-0.2, -0.15) is 0 Å². The van der Waals surface area contributed by atoms with Crippen molar-refractivity contribution in [3.05, 3.63) is 89.6 Å². The molecular formula is C28H31N5O2. The van der Waals surface area contributed by atoms with E-state index in [1.54, 1.807) is 7.11 Å². The van der Waals surface area contributed by atoms with Gasteiger partial charge in [0.05, 0.1) is 25.3 Å². The number of aliphatic hydroxyl groups is 1. The van der Waals surface area contributed by atoms with E-state index in [4.69, 9.17) is 4.74 Å². The highest BCUT2D eigenvalue weighted by atomic mass is 16.5. The molecule has 0 unspecified atom stereocenters. The van der Waals surface area contributed by atoms with Gasteiger partial charge < -0.3 is 14.4 Å². The first kappa shape index (κ1) is 22.2. The highest BCUT2D eigenvalue weighted by Crippen LogP contribution is 2.50. The van der Waals surface area contributed by atoms with E-state index in [0.717, 1.165) is 49.6 Å². The predicted octanol–water partition coefficient (Wildman–Crippen LogP) is 3.28. The van der Waals surface area contributed by atoms with Crippen LogP contribution < -0.4 is 4.74 Å². The quantitative estimate of drug-likeness (QED) is 0.468. The van der Waals surface area contributed by atoms with E-state index in [2.05, 4.69) is 61.7 Å². The molecule has 0 radical (unpaired) electrons. The molecule has 1 N–H and O–H groups in total. The number of hydrogen-bond donors (Lipinski definition) is 1. The Morgan fingerprint density at radius 2 is 1.71 bits per heavy atom. The van der Waals surface area contributed by atoms with Crippen molar-refractivity contribution in [2.45, 2.75) is 24.5 Å². The summed E-state index contributed by atoms with van der Waals surface area (Å²) in [6, 6.07) is 14.5. The molecule has 2 aliphatic rings. The van der Waals surface area contributed by atoms with Crippen molar-refractivity contribution in [2.75, 3.05) is 33.4 Å². The van der Waals surface area contributed by atoms with Crippen molar-refractivity contribution in [3.8, 4) is 5.75 Å². The first-order valence-electron chi connectivity index (χ1n) is 12.1. The van der Waals surface area contributed by atoms with Gasteiger partial charge in [-0.15, -0.1) is 0 Å². The number of aliphatic hydroxyl groups excluding tert-OH is 1. The molecule has 7 nitrogen and oxygen atoms in total. The molecule has 4 aromatic rings. The van der Waals surface area contributed by atoms with Gasteiger partial charge in [0.1, 0.15) is 5.75 Å². The van der Waals surface area contributed by atoms with Crippen molar-refractivity contribution in [1.29, 1.82) is 0 Å². The zero-order chi connectivity index (χ0) is 24.0. The van der Waals surface area contributed by atoms with Gasteiger partial charge in [-0.3, -0.25) is 19.8 Å². The van der Waals surface area contributed by atoms with Gasteiger partial charge in [-0.05, 0) is 41.0 Å². The Bertz CT molecular complexity index is 1330. The molecule has 1 fully saturated rings. The Balaban J connectivity index is 1.43. The minimum Gasteiger partial charge on any atom is -0.497 e. The van der Waals surface area contributed by atoms with E-state index < -0.39 is 0 Å². The summed E-state index contributed by atoms with van der Waals surface area (Å²) in [5, 5.41) is 11.9. The summed E-state index contributed by atoms with van der Waals surface area (Å²) in [6.45, 7) is 4.57. The van der Waals surface area contributed by atoms with Gasteiger partial charge in [-0.25, -0.2) is 0 Å². The standard InChI is InChI=1S/C28H31N5O2/c1-31-24-11-22(35-2)7-8-23(24)26-27(31)25(16-34)33(15-21-6-4-10-30-13-21)19-28(26)17-32(18-28)14-20-5-3-9-29-12-20/h3-13,25,34H,14-19H2,1-2H3/t25-/m1/s1. The molecule has 0 amide bonds. The monoisotopic (exact) mass is 469 g/mol. The number of likely N-dealkylation sites (tertiary alicyclic amines) is 1. The van der Waals surface area contributed by atoms with Crippen molar-refractivity contribution < 1.29 is 9.84 Å². The molecular weight excluding hydrogens is 438 g/mol. The number of fused-ring (bicyclic) bond motifs is 4. The number of rotatable bonds is 6. The second-order valence-corrected chi connectivity index (χ2v) is 9.95. The molecule has 1 saturated heterocycles. The molecule has 5 heterocycles. The first-order valence-corrected chi connectivity index (χ1v) is 12.1. The summed E-state index contributed by atoms with van der Waals surface area (Å²) in [5.74, 6) is 0.851. The topological polar surface area (TPSA) is 66.7 Å². The largest absolute Gasteiger partial charge is 0.497 e. The van der Waals surface area contributed by atoms with Crippen molar-refractivity contribution in [1.82, 2.24) is 24.3 Å². The predicted molar refractivity (Wildman–Crippen MR) is 135 cm³/mol. The van der Waals surface area contributed by atoms with E-state index in [-0.39, 0.29) is 18.1 Å². The van der Waals surface area contributed by atoms with E-state index in [1.165, 1.54) is 22.2 Å². The molecule has 7 heteroatoms. The van der Waals surface area contributed by atoms with Gasteiger partial charge in [0.2, 0.25) is 0 Å². The summed E-state index contributed by atoms with van der Waals surface area (Å²) < 4.78 is 7.82. The highest BCUT2D eigenvalue weighted by molar-refractivity contribution is 5.89. The van der Waals surface area contributed by atoms with Crippen LogP contribution in [0.15, 0.2) is 67.3 Å². The average Bonchev–Trinajstić information content (AvgIpc) is 3.16. The molecule has 35 heavy (non-hydrogen) atoms. The van der Waals surface area contributed by atoms with E-state index in [0.29, 0.717) is 0 Å². The Morgan fingerprint density at radius 1 is 1.00 bits per heavy atom. The number of hydrogen-bond acceptors (Lipinski definition) is 6. The molecule has 0 saturated carbocycles. The molecule has 3 aromatic heterocycles. The fourth-order valence-electron chi connectivity index (χ4n) is 6.28. The molecule has 0 aliphatic carbocycles. The van der Waals surface area contributed by atoms with Crippen LogP contribution in [0.4, 0.5) is 0 Å². The van der Waals surface area contributed by atoms with E-state index in [9.17, 15) is 5.11 Å². The smallest absolute Gasteiger partial charge is 0.120 e. The lowest BCUT2D eigenvalue weighted by Gasteiger charge is -2.56. The van der Waals surface area contributed by atoms with Gasteiger partial charge in [-0.1, -0.05) is 12.1 Å². The number of aryl methyl sites for hydroxylation is 1. The maximum atomic E-state index is 10.6. The third kappa shape index (κ3) is 3.71. The Hall–Kier alpha value is -3.26. The molecule has 2 aliphatic heterocycles. The maximum Gasteiger partial charge on any atom is 0.120 e. The van der Waals surface area contributed by atoms with E-state index >= 15 is 0 Å². The number of benzene rings is 1. The van der Waals surface area contributed by atoms with Crippen LogP contribution >= 0.6 is 0 Å². The molecule has 1 atom stereocenters. The summed E-state index contributed by atoms with van der Waals surface area (Å²) in [4.78, 5) is 13.6. The van der Waals surface area contributed by atoms with Crippen LogP contribution in [-0.2, 0) is 25.6 Å². The van der Waals surface area contributed by atoms with Crippen molar-refractivity contribution in [3.63, 3.8) is 0 Å². The molecule has 6 rings (SSSR count). The van der Waals surface area contributed by atoms with Gasteiger partial charge in [0, 0.05) is 87.1 Å². The lowest BCUT2D eigenvalue weighted by molar-refractivity contribution is -0.0130. The third-order valence-corrected chi connectivity index (χ3v) is 7.71. The number of ether oxygens (including phenoxy) is 1. The Labute approximate surface area is 205 Å². The zero-order valence-electron chi connectivity index (χ0n) is 20.3. The third-order valence-electron chi connectivity index (χ3n) is 7.71. The summed E-state index contributed by atoms with van der Waals surface area (Å²) >= 11 is 0. The number of pyridine rings is 2. The molecule has 180 valence electrons. The number of aromatic nitrogens is 3. The fourth-order valence-corrected chi connectivity index (χ4v) is 6.28. The molecule has 1 aromatic carbocycles. The van der Waals surface area contributed by atoms with Crippen LogP contribution in [0, 0.1) is 0 Å². The summed E-state index contributed by atoms with van der Waals surface area (Å²) in [6.07, 6.45) is 7.52. The number of methoxy groups -OCH3 is 1. The van der Waals surface area contributed by atoms with Crippen LogP contribution in [0.1, 0.15) is 28.4 Å². The average molecular weight is 470 g/mol. The van der Waals surface area contributed by atoms with E-state index in [1.807, 2.05) is 36.9 Å². The Morgan fingerprint density at radius 3 is 2.34 bits per heavy atom. The lowest BCUT2D eigenvalue weighted by Crippen LogP contribution is -2.66. The SMILES string of the molecule is COc1ccc2c3c(n(C)c2c1)[C@@H](CO)N(Cc1cccnc1)CC31CN(Cc2cccnc2)C1. The van der Waals surface area contributed by atoms with Gasteiger partial charge in [0.25, 0.3) is 0 Å². The molecule has 0 bridgehead atoms. The minimum atomic E-state index is -0.0772. The lowest BCUT2D eigenvalue weighted by atomic mass is 9.68. The fraction of sp³-hybridized carbons (Fsp3) is 0.357. The second-order valence-electron chi connectivity index (χ2n) is 9.95. The maximum absolute atomic E-state index is 10.6. The van der Waals surface area contributed by atoms with Crippen molar-refractivity contribution in [2.24, 2.45) is 7.05 Å².